The van der Waals surface area contributed by atoms with Crippen LogP contribution < -0.4 is 0 Å². The van der Waals surface area contributed by atoms with Gasteiger partial charge in [-0.2, -0.15) is 0 Å². The number of carbonyl (C=O) groups excluding carboxylic acids is 1. The largest absolute Gasteiger partial charge is 0.481 e. The second-order valence-corrected chi connectivity index (χ2v) is 9.32. The fourth-order valence-corrected chi connectivity index (χ4v) is 5.13. The third-order valence-electron chi connectivity index (χ3n) is 6.94. The highest BCUT2D eigenvalue weighted by atomic mass is 16.5. The van der Waals surface area contributed by atoms with Gasteiger partial charge in [-0.15, -0.1) is 0 Å². The topological polar surface area (TPSA) is 76.1 Å². The maximum Gasteiger partial charge on any atom is 0.303 e. The zero-order chi connectivity index (χ0) is 24.5. The van der Waals surface area contributed by atoms with E-state index in [2.05, 4.69) is 41.3 Å². The minimum Gasteiger partial charge on any atom is -0.481 e. The summed E-state index contributed by atoms with van der Waals surface area (Å²) in [7, 11) is 0. The van der Waals surface area contributed by atoms with Crippen LogP contribution in [0.15, 0.2) is 66.7 Å². The standard InChI is InChI=1S/C29H35NO5/c31-26-20-27(35-21-22-12-14-24(15-13-22)23-8-4-3-5-9-23)25(10-6-1-2-7-11-28(32)33)29(26)30-16-18-34-19-17-30/h1-5,8-9,12-15,25,27,29H,6-7,10-11,16-21H2,(H,32,33). The molecule has 186 valence electrons. The van der Waals surface area contributed by atoms with Gasteiger partial charge in [-0.25, -0.2) is 0 Å². The van der Waals surface area contributed by atoms with Gasteiger partial charge in [0.05, 0.1) is 32.0 Å². The van der Waals surface area contributed by atoms with E-state index in [0.29, 0.717) is 32.7 Å². The number of Topliss-reactive ketones (excluding diaryl/α,β-unsaturated/α-hetero) is 1. The second kappa shape index (κ2) is 12.8. The molecule has 2 aromatic carbocycles. The van der Waals surface area contributed by atoms with Crippen molar-refractivity contribution in [3.05, 3.63) is 72.3 Å². The molecule has 0 bridgehead atoms. The second-order valence-electron chi connectivity index (χ2n) is 9.32. The van der Waals surface area contributed by atoms with Crippen molar-refractivity contribution in [2.24, 2.45) is 5.92 Å². The van der Waals surface area contributed by atoms with E-state index in [1.54, 1.807) is 0 Å². The Kier molecular flexibility index (Phi) is 9.23. The lowest BCUT2D eigenvalue weighted by Gasteiger charge is -2.35. The van der Waals surface area contributed by atoms with Crippen LogP contribution in [0.3, 0.4) is 0 Å². The molecule has 0 amide bonds. The Bertz CT molecular complexity index is 982. The number of carboxylic acid groups (broad SMARTS) is 1. The maximum absolute atomic E-state index is 13.1. The Labute approximate surface area is 207 Å². The Morgan fingerprint density at radius 2 is 1.69 bits per heavy atom. The van der Waals surface area contributed by atoms with Crippen molar-refractivity contribution in [2.75, 3.05) is 26.3 Å². The zero-order valence-corrected chi connectivity index (χ0v) is 20.2. The first kappa shape index (κ1) is 25.3. The molecule has 1 aliphatic carbocycles. The molecule has 4 rings (SSSR count). The van der Waals surface area contributed by atoms with E-state index >= 15 is 0 Å². The number of benzene rings is 2. The molecule has 2 aliphatic rings. The van der Waals surface area contributed by atoms with E-state index in [-0.39, 0.29) is 30.3 Å². The Hall–Kier alpha value is -2.80. The number of carboxylic acids is 1. The lowest BCUT2D eigenvalue weighted by molar-refractivity contribution is -0.136. The summed E-state index contributed by atoms with van der Waals surface area (Å²) >= 11 is 0. The molecule has 2 fully saturated rings. The van der Waals surface area contributed by atoms with E-state index in [1.807, 2.05) is 30.4 Å². The van der Waals surface area contributed by atoms with Crippen LogP contribution in [0.25, 0.3) is 11.1 Å². The lowest BCUT2D eigenvalue weighted by atomic mass is 9.93. The van der Waals surface area contributed by atoms with E-state index in [4.69, 9.17) is 14.6 Å². The molecule has 35 heavy (non-hydrogen) atoms. The van der Waals surface area contributed by atoms with Crippen molar-refractivity contribution in [3.8, 4) is 11.1 Å². The summed E-state index contributed by atoms with van der Waals surface area (Å²) < 4.78 is 11.9. The fourth-order valence-electron chi connectivity index (χ4n) is 5.13. The number of hydrogen-bond donors (Lipinski definition) is 1. The summed E-state index contributed by atoms with van der Waals surface area (Å²) in [4.78, 5) is 26.1. The number of ether oxygens (including phenoxy) is 2. The van der Waals surface area contributed by atoms with Crippen molar-refractivity contribution in [3.63, 3.8) is 0 Å². The molecule has 0 aromatic heterocycles. The summed E-state index contributed by atoms with van der Waals surface area (Å²) in [6, 6.07) is 18.6. The summed E-state index contributed by atoms with van der Waals surface area (Å²) in [5.74, 6) is -0.404. The smallest absolute Gasteiger partial charge is 0.303 e. The highest BCUT2D eigenvalue weighted by molar-refractivity contribution is 5.87. The summed E-state index contributed by atoms with van der Waals surface area (Å²) in [6.45, 7) is 3.34. The molecule has 3 atom stereocenters. The van der Waals surface area contributed by atoms with Crippen LogP contribution in [0.5, 0.6) is 0 Å². The Balaban J connectivity index is 1.38. The van der Waals surface area contributed by atoms with Crippen LogP contribution >= 0.6 is 0 Å². The summed E-state index contributed by atoms with van der Waals surface area (Å²) in [5.41, 5.74) is 3.45. The molecule has 2 aromatic rings. The number of ketones is 1. The fraction of sp³-hybridized carbons (Fsp3) is 0.448. The maximum atomic E-state index is 13.1. The van der Waals surface area contributed by atoms with Gasteiger partial charge < -0.3 is 14.6 Å². The van der Waals surface area contributed by atoms with Gasteiger partial charge in [0.25, 0.3) is 0 Å². The quantitative estimate of drug-likeness (QED) is 0.472. The minimum absolute atomic E-state index is 0.114. The average molecular weight is 478 g/mol. The third-order valence-corrected chi connectivity index (χ3v) is 6.94. The summed E-state index contributed by atoms with van der Waals surface area (Å²) in [6.07, 6.45) is 6.63. The van der Waals surface area contributed by atoms with E-state index in [0.717, 1.165) is 31.5 Å². The molecular weight excluding hydrogens is 442 g/mol. The van der Waals surface area contributed by atoms with E-state index < -0.39 is 5.97 Å². The van der Waals surface area contributed by atoms with Gasteiger partial charge in [-0.3, -0.25) is 14.5 Å². The third kappa shape index (κ3) is 7.10. The van der Waals surface area contributed by atoms with Crippen molar-refractivity contribution in [1.29, 1.82) is 0 Å². The van der Waals surface area contributed by atoms with Crippen LogP contribution in [0, 0.1) is 5.92 Å². The first-order valence-corrected chi connectivity index (χ1v) is 12.6. The number of allylic oxidation sites excluding steroid dienone is 2. The number of nitrogens with zero attached hydrogens (tertiary/aromatic N) is 1. The van der Waals surface area contributed by atoms with Crippen molar-refractivity contribution < 1.29 is 24.2 Å². The molecule has 0 spiro atoms. The molecule has 1 saturated heterocycles. The molecular formula is C29H35NO5. The molecule has 1 N–H and O–H groups in total. The molecule has 0 radical (unpaired) electrons. The number of morpholine rings is 1. The molecule has 1 saturated carbocycles. The van der Waals surface area contributed by atoms with Crippen molar-refractivity contribution in [1.82, 2.24) is 4.90 Å². The van der Waals surface area contributed by atoms with Crippen LogP contribution in [-0.2, 0) is 25.7 Å². The van der Waals surface area contributed by atoms with E-state index in [9.17, 15) is 9.59 Å². The van der Waals surface area contributed by atoms with Gasteiger partial charge in [0.15, 0.2) is 5.78 Å². The minimum atomic E-state index is -0.784. The predicted molar refractivity (Wildman–Crippen MR) is 135 cm³/mol. The zero-order valence-electron chi connectivity index (χ0n) is 20.2. The van der Waals surface area contributed by atoms with Gasteiger partial charge in [0.2, 0.25) is 0 Å². The molecule has 6 nitrogen and oxygen atoms in total. The lowest BCUT2D eigenvalue weighted by Crippen LogP contribution is -2.49. The number of rotatable bonds is 11. The van der Waals surface area contributed by atoms with Crippen LogP contribution in [0.4, 0.5) is 0 Å². The summed E-state index contributed by atoms with van der Waals surface area (Å²) in [5, 5.41) is 8.81. The number of aliphatic carboxylic acids is 1. The highest BCUT2D eigenvalue weighted by Crippen LogP contribution is 2.35. The van der Waals surface area contributed by atoms with Crippen molar-refractivity contribution in [2.45, 2.75) is 50.9 Å². The van der Waals surface area contributed by atoms with Crippen LogP contribution in [0.2, 0.25) is 0 Å². The highest BCUT2D eigenvalue weighted by Gasteiger charge is 2.45. The van der Waals surface area contributed by atoms with E-state index in [1.165, 1.54) is 11.1 Å². The Morgan fingerprint density at radius 1 is 1.00 bits per heavy atom. The number of hydrogen-bond acceptors (Lipinski definition) is 5. The van der Waals surface area contributed by atoms with Crippen LogP contribution in [0.1, 0.15) is 37.7 Å². The molecule has 6 heteroatoms. The van der Waals surface area contributed by atoms with Crippen LogP contribution in [-0.4, -0.2) is 60.2 Å². The molecule has 1 aliphatic heterocycles. The molecule has 1 heterocycles. The first-order valence-electron chi connectivity index (χ1n) is 12.6. The van der Waals surface area contributed by atoms with Crippen molar-refractivity contribution >= 4 is 11.8 Å². The average Bonchev–Trinajstić information content (AvgIpc) is 3.20. The number of carbonyl (C=O) groups is 2. The van der Waals surface area contributed by atoms with Gasteiger partial charge in [0.1, 0.15) is 0 Å². The monoisotopic (exact) mass is 477 g/mol. The van der Waals surface area contributed by atoms with Gasteiger partial charge in [0, 0.05) is 31.8 Å². The predicted octanol–water partition coefficient (Wildman–Crippen LogP) is 4.73. The van der Waals surface area contributed by atoms with Gasteiger partial charge in [-0.05, 0) is 36.0 Å². The normalized spacial score (nSPS) is 23.2. The first-order chi connectivity index (χ1) is 17.1. The molecule has 3 unspecified atom stereocenters. The SMILES string of the molecule is O=C(O)CCC=CCCC1C(OCc2ccc(-c3ccccc3)cc2)CC(=O)C1N1CCOCC1. The Morgan fingerprint density at radius 3 is 2.40 bits per heavy atom. The van der Waals surface area contributed by atoms with Gasteiger partial charge in [-0.1, -0.05) is 66.7 Å². The van der Waals surface area contributed by atoms with Gasteiger partial charge >= 0.3 is 5.97 Å².